The number of aliphatic hydroxyl groups is 1. The average molecular weight is 188 g/mol. The standard InChI is InChI=1S/C10H24N2O/c1-5-12(6-7-13)9-10(2,3)8-11-4/h11,13H,5-9H2,1-4H3. The summed E-state index contributed by atoms with van der Waals surface area (Å²) < 4.78 is 0. The first-order valence-electron chi connectivity index (χ1n) is 5.03. The molecule has 13 heavy (non-hydrogen) atoms. The highest BCUT2D eigenvalue weighted by atomic mass is 16.3. The van der Waals surface area contributed by atoms with Gasteiger partial charge in [0.05, 0.1) is 6.61 Å². The minimum Gasteiger partial charge on any atom is -0.395 e. The van der Waals surface area contributed by atoms with Gasteiger partial charge >= 0.3 is 0 Å². The molecule has 0 aliphatic rings. The molecule has 0 aromatic carbocycles. The third-order valence-corrected chi connectivity index (χ3v) is 2.17. The molecule has 0 bridgehead atoms. The fourth-order valence-corrected chi connectivity index (χ4v) is 1.63. The summed E-state index contributed by atoms with van der Waals surface area (Å²) in [6.45, 7) is 10.7. The molecule has 0 saturated carbocycles. The zero-order chi connectivity index (χ0) is 10.3. The van der Waals surface area contributed by atoms with Gasteiger partial charge in [-0.15, -0.1) is 0 Å². The van der Waals surface area contributed by atoms with Crippen LogP contribution in [0.4, 0.5) is 0 Å². The third-order valence-electron chi connectivity index (χ3n) is 2.17. The van der Waals surface area contributed by atoms with E-state index >= 15 is 0 Å². The lowest BCUT2D eigenvalue weighted by atomic mass is 9.93. The van der Waals surface area contributed by atoms with Crippen molar-refractivity contribution < 1.29 is 5.11 Å². The van der Waals surface area contributed by atoms with Gasteiger partial charge in [-0.1, -0.05) is 20.8 Å². The summed E-state index contributed by atoms with van der Waals surface area (Å²) >= 11 is 0. The number of hydrogen-bond donors (Lipinski definition) is 2. The number of nitrogens with one attached hydrogen (secondary N) is 1. The van der Waals surface area contributed by atoms with Crippen LogP contribution in [0.25, 0.3) is 0 Å². The Bertz CT molecular complexity index is 126. The highest BCUT2D eigenvalue weighted by Gasteiger charge is 2.19. The number of aliphatic hydroxyl groups excluding tert-OH is 1. The molecule has 0 fully saturated rings. The number of likely N-dealkylation sites (N-methyl/N-ethyl adjacent to an activating group) is 1. The lowest BCUT2D eigenvalue weighted by Gasteiger charge is -2.31. The van der Waals surface area contributed by atoms with Crippen LogP contribution in [-0.4, -0.2) is 49.8 Å². The molecule has 0 atom stereocenters. The first kappa shape index (κ1) is 12.9. The molecule has 0 aliphatic carbocycles. The number of hydrogen-bond acceptors (Lipinski definition) is 3. The van der Waals surface area contributed by atoms with Crippen LogP contribution in [0.3, 0.4) is 0 Å². The SMILES string of the molecule is CCN(CCO)CC(C)(C)CNC. The molecule has 2 N–H and O–H groups in total. The zero-order valence-electron chi connectivity index (χ0n) is 9.43. The van der Waals surface area contributed by atoms with Gasteiger partial charge in [0.25, 0.3) is 0 Å². The summed E-state index contributed by atoms with van der Waals surface area (Å²) in [5.74, 6) is 0. The van der Waals surface area contributed by atoms with Crippen LogP contribution in [0.15, 0.2) is 0 Å². The minimum atomic E-state index is 0.253. The normalized spacial score (nSPS) is 12.5. The molecule has 0 heterocycles. The van der Waals surface area contributed by atoms with Crippen molar-refractivity contribution in [3.05, 3.63) is 0 Å². The molecule has 0 amide bonds. The number of nitrogens with zero attached hydrogens (tertiary/aromatic N) is 1. The summed E-state index contributed by atoms with van der Waals surface area (Å²) in [6.07, 6.45) is 0. The van der Waals surface area contributed by atoms with Gasteiger partial charge < -0.3 is 15.3 Å². The molecule has 0 unspecified atom stereocenters. The maximum Gasteiger partial charge on any atom is 0.0558 e. The van der Waals surface area contributed by atoms with Crippen molar-refractivity contribution in [2.75, 3.05) is 39.8 Å². The summed E-state index contributed by atoms with van der Waals surface area (Å²) in [6, 6.07) is 0. The van der Waals surface area contributed by atoms with E-state index in [1.54, 1.807) is 0 Å². The van der Waals surface area contributed by atoms with Gasteiger partial charge in [0.1, 0.15) is 0 Å². The van der Waals surface area contributed by atoms with Crippen molar-refractivity contribution in [3.8, 4) is 0 Å². The van der Waals surface area contributed by atoms with Crippen molar-refractivity contribution in [3.63, 3.8) is 0 Å². The Kier molecular flexibility index (Phi) is 6.29. The van der Waals surface area contributed by atoms with Crippen molar-refractivity contribution in [2.24, 2.45) is 5.41 Å². The van der Waals surface area contributed by atoms with Crippen molar-refractivity contribution in [1.82, 2.24) is 10.2 Å². The fraction of sp³-hybridized carbons (Fsp3) is 1.00. The molecule has 3 nitrogen and oxygen atoms in total. The zero-order valence-corrected chi connectivity index (χ0v) is 9.43. The van der Waals surface area contributed by atoms with Crippen molar-refractivity contribution >= 4 is 0 Å². The van der Waals surface area contributed by atoms with E-state index in [0.717, 1.165) is 26.2 Å². The van der Waals surface area contributed by atoms with E-state index in [1.807, 2.05) is 7.05 Å². The van der Waals surface area contributed by atoms with Crippen LogP contribution in [0.1, 0.15) is 20.8 Å². The second-order valence-corrected chi connectivity index (χ2v) is 4.29. The van der Waals surface area contributed by atoms with Gasteiger partial charge in [-0.25, -0.2) is 0 Å². The number of rotatable bonds is 7. The van der Waals surface area contributed by atoms with Gasteiger partial charge in [-0.05, 0) is 19.0 Å². The van der Waals surface area contributed by atoms with Crippen LogP contribution >= 0.6 is 0 Å². The summed E-state index contributed by atoms with van der Waals surface area (Å²) in [5.41, 5.74) is 0.278. The minimum absolute atomic E-state index is 0.253. The van der Waals surface area contributed by atoms with E-state index < -0.39 is 0 Å². The van der Waals surface area contributed by atoms with Crippen molar-refractivity contribution in [2.45, 2.75) is 20.8 Å². The van der Waals surface area contributed by atoms with Crippen LogP contribution in [0, 0.1) is 5.41 Å². The Balaban J connectivity index is 3.89. The maximum absolute atomic E-state index is 8.84. The predicted octanol–water partition coefficient (Wildman–Crippen LogP) is 0.546. The van der Waals surface area contributed by atoms with E-state index in [1.165, 1.54) is 0 Å². The molecule has 3 heteroatoms. The third kappa shape index (κ3) is 6.02. The van der Waals surface area contributed by atoms with E-state index in [2.05, 4.69) is 31.0 Å². The van der Waals surface area contributed by atoms with E-state index in [0.29, 0.717) is 0 Å². The van der Waals surface area contributed by atoms with Crippen LogP contribution in [0.2, 0.25) is 0 Å². The smallest absolute Gasteiger partial charge is 0.0558 e. The predicted molar refractivity (Wildman–Crippen MR) is 56.9 cm³/mol. The first-order chi connectivity index (χ1) is 6.05. The molecular formula is C10H24N2O. The molecule has 0 aliphatic heterocycles. The van der Waals surface area contributed by atoms with Gasteiger partial charge in [0, 0.05) is 19.6 Å². The maximum atomic E-state index is 8.84. The lowest BCUT2D eigenvalue weighted by Crippen LogP contribution is -2.40. The van der Waals surface area contributed by atoms with E-state index in [9.17, 15) is 0 Å². The van der Waals surface area contributed by atoms with Crippen molar-refractivity contribution in [1.29, 1.82) is 0 Å². The van der Waals surface area contributed by atoms with Gasteiger partial charge in [0.2, 0.25) is 0 Å². The Hall–Kier alpha value is -0.120. The van der Waals surface area contributed by atoms with Gasteiger partial charge in [0.15, 0.2) is 0 Å². The highest BCUT2D eigenvalue weighted by Crippen LogP contribution is 2.15. The molecule has 0 saturated heterocycles. The van der Waals surface area contributed by atoms with E-state index in [-0.39, 0.29) is 12.0 Å². The quantitative estimate of drug-likeness (QED) is 0.612. The largest absolute Gasteiger partial charge is 0.395 e. The highest BCUT2D eigenvalue weighted by molar-refractivity contribution is 4.75. The summed E-state index contributed by atoms with van der Waals surface area (Å²) in [5, 5.41) is 12.0. The first-order valence-corrected chi connectivity index (χ1v) is 5.03. The molecular weight excluding hydrogens is 164 g/mol. The monoisotopic (exact) mass is 188 g/mol. The molecule has 0 rings (SSSR count). The lowest BCUT2D eigenvalue weighted by molar-refractivity contribution is 0.149. The Morgan fingerprint density at radius 1 is 1.38 bits per heavy atom. The Morgan fingerprint density at radius 2 is 2.00 bits per heavy atom. The summed E-state index contributed by atoms with van der Waals surface area (Å²) in [7, 11) is 1.98. The Morgan fingerprint density at radius 3 is 2.38 bits per heavy atom. The van der Waals surface area contributed by atoms with Gasteiger partial charge in [-0.2, -0.15) is 0 Å². The molecule has 80 valence electrons. The van der Waals surface area contributed by atoms with Crippen LogP contribution in [0.5, 0.6) is 0 Å². The summed E-state index contributed by atoms with van der Waals surface area (Å²) in [4.78, 5) is 2.28. The molecule has 0 aromatic heterocycles. The topological polar surface area (TPSA) is 35.5 Å². The molecule has 0 aromatic rings. The average Bonchev–Trinajstić information content (AvgIpc) is 2.03. The second-order valence-electron chi connectivity index (χ2n) is 4.29. The fourth-order valence-electron chi connectivity index (χ4n) is 1.63. The molecule has 0 radical (unpaired) electrons. The van der Waals surface area contributed by atoms with Crippen LogP contribution < -0.4 is 5.32 Å². The van der Waals surface area contributed by atoms with E-state index in [4.69, 9.17) is 5.11 Å². The van der Waals surface area contributed by atoms with Crippen LogP contribution in [-0.2, 0) is 0 Å². The molecule has 0 spiro atoms. The Labute approximate surface area is 82.1 Å². The second kappa shape index (κ2) is 6.35. The van der Waals surface area contributed by atoms with Gasteiger partial charge in [-0.3, -0.25) is 0 Å².